The maximum atomic E-state index is 12.4. The van der Waals surface area contributed by atoms with E-state index in [1.165, 1.54) is 0 Å². The van der Waals surface area contributed by atoms with Crippen LogP contribution in [0.15, 0.2) is 35.6 Å². The van der Waals surface area contributed by atoms with E-state index in [1.54, 1.807) is 23.4 Å². The van der Waals surface area contributed by atoms with Gasteiger partial charge in [-0.2, -0.15) is 0 Å². The summed E-state index contributed by atoms with van der Waals surface area (Å²) < 4.78 is 7.05. The van der Waals surface area contributed by atoms with Gasteiger partial charge in [-0.05, 0) is 38.7 Å². The van der Waals surface area contributed by atoms with Crippen LogP contribution in [0.5, 0.6) is 0 Å². The number of aryl methyl sites for hydroxylation is 2. The summed E-state index contributed by atoms with van der Waals surface area (Å²) >= 11 is 0. The molecule has 0 saturated carbocycles. The Morgan fingerprint density at radius 2 is 2.22 bits per heavy atom. The number of aromatic nitrogens is 5. The summed E-state index contributed by atoms with van der Waals surface area (Å²) in [6, 6.07) is 2.00. The van der Waals surface area contributed by atoms with Crippen LogP contribution in [0.1, 0.15) is 23.6 Å². The van der Waals surface area contributed by atoms with Gasteiger partial charge in [0.25, 0.3) is 0 Å². The minimum atomic E-state index is 0.134. The van der Waals surface area contributed by atoms with Crippen molar-refractivity contribution >= 4 is 5.91 Å². The lowest BCUT2D eigenvalue weighted by Gasteiger charge is -2.16. The van der Waals surface area contributed by atoms with E-state index in [0.29, 0.717) is 12.5 Å². The Bertz CT molecular complexity index is 914. The fraction of sp³-hybridized carbons (Fsp3) is 0.421. The molecule has 140 valence electrons. The predicted octanol–water partition coefficient (Wildman–Crippen LogP) is 2.04. The first kappa shape index (κ1) is 17.4. The van der Waals surface area contributed by atoms with Gasteiger partial charge >= 0.3 is 0 Å². The fourth-order valence-corrected chi connectivity index (χ4v) is 3.65. The van der Waals surface area contributed by atoms with Crippen molar-refractivity contribution in [2.75, 3.05) is 13.1 Å². The van der Waals surface area contributed by atoms with Crippen LogP contribution in [0.3, 0.4) is 0 Å². The zero-order valence-corrected chi connectivity index (χ0v) is 15.5. The van der Waals surface area contributed by atoms with E-state index in [0.717, 1.165) is 54.3 Å². The van der Waals surface area contributed by atoms with Gasteiger partial charge in [-0.3, -0.25) is 4.79 Å². The Morgan fingerprint density at radius 1 is 1.33 bits per heavy atom. The molecular weight excluding hydrogens is 344 g/mol. The summed E-state index contributed by atoms with van der Waals surface area (Å²) in [7, 11) is 0. The molecule has 3 aromatic heterocycles. The van der Waals surface area contributed by atoms with Crippen molar-refractivity contribution in [2.45, 2.75) is 33.2 Å². The average molecular weight is 366 g/mol. The fourth-order valence-electron chi connectivity index (χ4n) is 3.65. The first-order chi connectivity index (χ1) is 13.1. The van der Waals surface area contributed by atoms with Gasteiger partial charge in [-0.25, -0.2) is 15.0 Å². The number of hydrogen-bond acceptors (Lipinski definition) is 6. The molecule has 27 heavy (non-hydrogen) atoms. The number of nitrogens with zero attached hydrogens (tertiary/aromatic N) is 6. The highest BCUT2D eigenvalue weighted by atomic mass is 16.5. The van der Waals surface area contributed by atoms with Crippen LogP contribution >= 0.6 is 0 Å². The zero-order chi connectivity index (χ0) is 18.8. The molecular formula is C19H22N6O2. The lowest BCUT2D eigenvalue weighted by molar-refractivity contribution is -0.130. The number of imidazole rings is 1. The molecule has 8 nitrogen and oxygen atoms in total. The molecule has 1 aliphatic heterocycles. The molecule has 0 radical (unpaired) electrons. The van der Waals surface area contributed by atoms with Gasteiger partial charge in [0.05, 0.1) is 23.3 Å². The van der Waals surface area contributed by atoms with Crippen LogP contribution in [0, 0.1) is 19.8 Å². The van der Waals surface area contributed by atoms with Gasteiger partial charge < -0.3 is 14.0 Å². The minimum Gasteiger partial charge on any atom is -0.361 e. The molecule has 1 amide bonds. The molecule has 0 aliphatic carbocycles. The van der Waals surface area contributed by atoms with Crippen LogP contribution in [0.25, 0.3) is 11.3 Å². The third-order valence-corrected chi connectivity index (χ3v) is 5.03. The smallest absolute Gasteiger partial charge is 0.242 e. The quantitative estimate of drug-likeness (QED) is 0.686. The monoisotopic (exact) mass is 366 g/mol. The first-order valence-corrected chi connectivity index (χ1v) is 9.08. The van der Waals surface area contributed by atoms with Gasteiger partial charge in [-0.1, -0.05) is 5.16 Å². The highest BCUT2D eigenvalue weighted by molar-refractivity contribution is 5.76. The second-order valence-electron chi connectivity index (χ2n) is 7.03. The Labute approximate surface area is 157 Å². The molecule has 1 aliphatic rings. The first-order valence-electron chi connectivity index (χ1n) is 9.08. The molecule has 0 N–H and O–H groups in total. The van der Waals surface area contributed by atoms with Gasteiger partial charge in [0, 0.05) is 31.2 Å². The molecule has 0 unspecified atom stereocenters. The van der Waals surface area contributed by atoms with Gasteiger partial charge in [0.15, 0.2) is 0 Å². The topological polar surface area (TPSA) is 89.9 Å². The molecule has 3 aromatic rings. The van der Waals surface area contributed by atoms with E-state index in [9.17, 15) is 4.79 Å². The summed E-state index contributed by atoms with van der Waals surface area (Å²) in [5, 5.41) is 4.00. The van der Waals surface area contributed by atoms with Crippen LogP contribution < -0.4 is 0 Å². The summed E-state index contributed by atoms with van der Waals surface area (Å²) in [5.74, 6) is 1.30. The van der Waals surface area contributed by atoms with Crippen molar-refractivity contribution < 1.29 is 9.32 Å². The summed E-state index contributed by atoms with van der Waals surface area (Å²) in [6.07, 6.45) is 8.57. The zero-order valence-electron chi connectivity index (χ0n) is 15.5. The van der Waals surface area contributed by atoms with Gasteiger partial charge in [0.1, 0.15) is 18.6 Å². The number of rotatable bonds is 5. The highest BCUT2D eigenvalue weighted by Gasteiger charge is 2.27. The van der Waals surface area contributed by atoms with E-state index in [1.807, 2.05) is 31.0 Å². The normalized spacial score (nSPS) is 16.8. The van der Waals surface area contributed by atoms with Crippen molar-refractivity contribution in [2.24, 2.45) is 5.92 Å². The largest absolute Gasteiger partial charge is 0.361 e. The lowest BCUT2D eigenvalue weighted by Crippen LogP contribution is -2.31. The van der Waals surface area contributed by atoms with Crippen LogP contribution in [-0.2, 0) is 17.8 Å². The minimum absolute atomic E-state index is 0.134. The highest BCUT2D eigenvalue weighted by Crippen LogP contribution is 2.26. The van der Waals surface area contributed by atoms with E-state index >= 15 is 0 Å². The van der Waals surface area contributed by atoms with E-state index < -0.39 is 0 Å². The van der Waals surface area contributed by atoms with Gasteiger partial charge in [0.2, 0.25) is 5.91 Å². The standard InChI is InChI=1S/C19H22N6O2/c1-13-19(14(2)27-23-13)17-8-16(21-11-22-17)7-15-3-5-25(9-15)18(26)10-24-6-4-20-12-24/h4,6,8,11-12,15H,3,5,7,9-10H2,1-2H3/t15-/m1/s1. The molecule has 4 heterocycles. The van der Waals surface area contributed by atoms with Crippen LogP contribution in [0.2, 0.25) is 0 Å². The average Bonchev–Trinajstić information content (AvgIpc) is 3.38. The van der Waals surface area contributed by atoms with E-state index in [2.05, 4.69) is 20.1 Å². The van der Waals surface area contributed by atoms with Crippen molar-refractivity contribution in [3.05, 3.63) is 48.3 Å². The predicted molar refractivity (Wildman–Crippen MR) is 97.6 cm³/mol. The number of carbonyl (C=O) groups excluding carboxylic acids is 1. The maximum Gasteiger partial charge on any atom is 0.242 e. The SMILES string of the molecule is Cc1noc(C)c1-c1cc(C[C@H]2CCN(C(=O)Cn3ccnc3)C2)ncn1. The van der Waals surface area contributed by atoms with Crippen molar-refractivity contribution in [3.8, 4) is 11.3 Å². The molecule has 8 heteroatoms. The number of likely N-dealkylation sites (tertiary alicyclic amines) is 1. The summed E-state index contributed by atoms with van der Waals surface area (Å²) in [4.78, 5) is 27.1. The number of carbonyl (C=O) groups is 1. The molecule has 0 aromatic carbocycles. The van der Waals surface area contributed by atoms with E-state index in [4.69, 9.17) is 4.52 Å². The third kappa shape index (κ3) is 3.74. The lowest BCUT2D eigenvalue weighted by atomic mass is 10.0. The molecule has 1 atom stereocenters. The van der Waals surface area contributed by atoms with Crippen LogP contribution in [0.4, 0.5) is 0 Å². The second kappa shape index (κ2) is 7.30. The third-order valence-electron chi connectivity index (χ3n) is 5.03. The van der Waals surface area contributed by atoms with Crippen molar-refractivity contribution in [1.29, 1.82) is 0 Å². The van der Waals surface area contributed by atoms with Crippen molar-refractivity contribution in [1.82, 2.24) is 29.6 Å². The van der Waals surface area contributed by atoms with Crippen LogP contribution in [-0.4, -0.2) is 48.6 Å². The maximum absolute atomic E-state index is 12.4. The van der Waals surface area contributed by atoms with E-state index in [-0.39, 0.29) is 5.91 Å². The Kier molecular flexibility index (Phi) is 4.70. The van der Waals surface area contributed by atoms with Crippen molar-refractivity contribution in [3.63, 3.8) is 0 Å². The molecule has 1 saturated heterocycles. The number of amides is 1. The molecule has 4 rings (SSSR count). The summed E-state index contributed by atoms with van der Waals surface area (Å²) in [6.45, 7) is 5.70. The summed E-state index contributed by atoms with van der Waals surface area (Å²) in [5.41, 5.74) is 3.58. The second-order valence-corrected chi connectivity index (χ2v) is 7.03. The Balaban J connectivity index is 1.40. The molecule has 0 spiro atoms. The Morgan fingerprint density at radius 3 is 2.96 bits per heavy atom. The molecule has 1 fully saturated rings. The molecule has 0 bridgehead atoms. The number of hydrogen-bond donors (Lipinski definition) is 0. The van der Waals surface area contributed by atoms with Gasteiger partial charge in [-0.15, -0.1) is 0 Å². The Hall–Kier alpha value is -3.03.